The van der Waals surface area contributed by atoms with Crippen LogP contribution in [0.3, 0.4) is 0 Å². The maximum Gasteiger partial charge on any atom is 0.272 e. The first kappa shape index (κ1) is 12.1. The number of nitro groups is 1. The molecule has 0 saturated carbocycles. The first-order chi connectivity index (χ1) is 8.50. The van der Waals surface area contributed by atoms with Gasteiger partial charge >= 0.3 is 0 Å². The van der Waals surface area contributed by atoms with Crippen LogP contribution in [-0.4, -0.2) is 14.5 Å². The first-order valence-corrected chi connectivity index (χ1v) is 5.50. The SMILES string of the molecule is Cc1nc(N)n(C)c1Cc1ccccc1[N+](=O)[O-]. The quantitative estimate of drug-likeness (QED) is 0.660. The fourth-order valence-corrected chi connectivity index (χ4v) is 1.96. The molecule has 0 bridgehead atoms. The molecule has 2 rings (SSSR count). The van der Waals surface area contributed by atoms with Gasteiger partial charge in [0.2, 0.25) is 0 Å². The Morgan fingerprint density at radius 3 is 2.67 bits per heavy atom. The number of benzene rings is 1. The van der Waals surface area contributed by atoms with Crippen molar-refractivity contribution in [2.75, 3.05) is 5.73 Å². The van der Waals surface area contributed by atoms with Crippen LogP contribution in [0.4, 0.5) is 11.6 Å². The van der Waals surface area contributed by atoms with Crippen molar-refractivity contribution >= 4 is 11.6 Å². The number of nitrogens with zero attached hydrogens (tertiary/aromatic N) is 3. The second kappa shape index (κ2) is 4.48. The van der Waals surface area contributed by atoms with Gasteiger partial charge in [-0.3, -0.25) is 10.1 Å². The fraction of sp³-hybridized carbons (Fsp3) is 0.250. The van der Waals surface area contributed by atoms with Crippen LogP contribution in [0.2, 0.25) is 0 Å². The van der Waals surface area contributed by atoms with Crippen LogP contribution in [0, 0.1) is 17.0 Å². The van der Waals surface area contributed by atoms with E-state index in [9.17, 15) is 10.1 Å². The van der Waals surface area contributed by atoms with Gasteiger partial charge in [0, 0.05) is 30.8 Å². The zero-order valence-corrected chi connectivity index (χ0v) is 10.3. The van der Waals surface area contributed by atoms with Crippen molar-refractivity contribution < 1.29 is 4.92 Å². The Balaban J connectivity index is 2.43. The predicted octanol–water partition coefficient (Wildman–Crippen LogP) is 1.81. The van der Waals surface area contributed by atoms with Crippen molar-refractivity contribution in [3.05, 3.63) is 51.3 Å². The normalized spacial score (nSPS) is 10.6. The topological polar surface area (TPSA) is 87.0 Å². The van der Waals surface area contributed by atoms with Crippen LogP contribution in [-0.2, 0) is 13.5 Å². The van der Waals surface area contributed by atoms with Gasteiger partial charge in [0.15, 0.2) is 5.95 Å². The average molecular weight is 246 g/mol. The standard InChI is InChI=1S/C12H14N4O2/c1-8-11(15(2)12(13)14-8)7-9-5-3-4-6-10(9)16(17)18/h3-6H,7H2,1-2H3,(H2,13,14). The summed E-state index contributed by atoms with van der Waals surface area (Å²) in [4.78, 5) is 14.7. The number of nitro benzene ring substituents is 1. The van der Waals surface area contributed by atoms with Gasteiger partial charge in [0.1, 0.15) is 0 Å². The summed E-state index contributed by atoms with van der Waals surface area (Å²) in [7, 11) is 1.80. The van der Waals surface area contributed by atoms with Gasteiger partial charge in [-0.25, -0.2) is 4.98 Å². The summed E-state index contributed by atoms with van der Waals surface area (Å²) in [6.07, 6.45) is 0.448. The van der Waals surface area contributed by atoms with E-state index in [2.05, 4.69) is 4.98 Å². The summed E-state index contributed by atoms with van der Waals surface area (Å²) in [5.41, 5.74) is 8.18. The van der Waals surface area contributed by atoms with Crippen LogP contribution in [0.25, 0.3) is 0 Å². The number of anilines is 1. The third kappa shape index (κ3) is 2.04. The number of hydrogen-bond acceptors (Lipinski definition) is 4. The van der Waals surface area contributed by atoms with Crippen LogP contribution in [0.1, 0.15) is 17.0 Å². The van der Waals surface area contributed by atoms with E-state index >= 15 is 0 Å². The molecule has 0 aliphatic heterocycles. The molecule has 0 aliphatic carbocycles. The minimum absolute atomic E-state index is 0.122. The summed E-state index contributed by atoms with van der Waals surface area (Å²) in [5.74, 6) is 0.418. The van der Waals surface area contributed by atoms with E-state index in [1.807, 2.05) is 6.92 Å². The summed E-state index contributed by atoms with van der Waals surface area (Å²) in [6.45, 7) is 1.85. The molecule has 6 heteroatoms. The number of rotatable bonds is 3. The van der Waals surface area contributed by atoms with Gasteiger partial charge in [0.05, 0.1) is 10.6 Å². The lowest BCUT2D eigenvalue weighted by atomic mass is 10.1. The van der Waals surface area contributed by atoms with Crippen molar-refractivity contribution in [3.8, 4) is 0 Å². The molecule has 1 aromatic heterocycles. The van der Waals surface area contributed by atoms with Gasteiger partial charge in [-0.15, -0.1) is 0 Å². The third-order valence-corrected chi connectivity index (χ3v) is 2.99. The molecule has 0 unspecified atom stereocenters. The van der Waals surface area contributed by atoms with E-state index < -0.39 is 0 Å². The third-order valence-electron chi connectivity index (χ3n) is 2.99. The summed E-state index contributed by atoms with van der Waals surface area (Å²) >= 11 is 0. The van der Waals surface area contributed by atoms with Gasteiger partial charge in [-0.1, -0.05) is 18.2 Å². The lowest BCUT2D eigenvalue weighted by Crippen LogP contribution is -2.04. The molecule has 1 heterocycles. The van der Waals surface area contributed by atoms with Crippen LogP contribution >= 0.6 is 0 Å². The van der Waals surface area contributed by atoms with Crippen molar-refractivity contribution in [2.45, 2.75) is 13.3 Å². The molecule has 0 saturated heterocycles. The highest BCUT2D eigenvalue weighted by molar-refractivity contribution is 5.43. The molecule has 0 spiro atoms. The molecule has 0 atom stereocenters. The Bertz CT molecular complexity index is 604. The van der Waals surface area contributed by atoms with Crippen LogP contribution < -0.4 is 5.73 Å². The predicted molar refractivity (Wildman–Crippen MR) is 68.3 cm³/mol. The zero-order valence-electron chi connectivity index (χ0n) is 10.3. The highest BCUT2D eigenvalue weighted by Crippen LogP contribution is 2.23. The number of imidazole rings is 1. The van der Waals surface area contributed by atoms with Crippen molar-refractivity contribution in [1.29, 1.82) is 0 Å². The Morgan fingerprint density at radius 2 is 2.11 bits per heavy atom. The molecule has 18 heavy (non-hydrogen) atoms. The maximum absolute atomic E-state index is 10.9. The van der Waals surface area contributed by atoms with Gasteiger partial charge in [-0.2, -0.15) is 0 Å². The second-order valence-corrected chi connectivity index (χ2v) is 4.12. The fourth-order valence-electron chi connectivity index (χ4n) is 1.96. The summed E-state index contributed by atoms with van der Waals surface area (Å²) in [6, 6.07) is 6.70. The molecular weight excluding hydrogens is 232 g/mol. The number of aryl methyl sites for hydroxylation is 1. The van der Waals surface area contributed by atoms with Crippen molar-refractivity contribution in [3.63, 3.8) is 0 Å². The lowest BCUT2D eigenvalue weighted by Gasteiger charge is -2.05. The Kier molecular flexibility index (Phi) is 3.01. The van der Waals surface area contributed by atoms with E-state index in [1.54, 1.807) is 29.8 Å². The monoisotopic (exact) mass is 246 g/mol. The minimum Gasteiger partial charge on any atom is -0.369 e. The van der Waals surface area contributed by atoms with E-state index in [1.165, 1.54) is 6.07 Å². The summed E-state index contributed by atoms with van der Waals surface area (Å²) in [5, 5.41) is 10.9. The van der Waals surface area contributed by atoms with Crippen LogP contribution in [0.15, 0.2) is 24.3 Å². The van der Waals surface area contributed by atoms with Gasteiger partial charge < -0.3 is 10.3 Å². The molecule has 94 valence electrons. The van der Waals surface area contributed by atoms with Crippen molar-refractivity contribution in [1.82, 2.24) is 9.55 Å². The van der Waals surface area contributed by atoms with Crippen LogP contribution in [0.5, 0.6) is 0 Å². The number of hydrogen-bond donors (Lipinski definition) is 1. The molecule has 0 fully saturated rings. The van der Waals surface area contributed by atoms with E-state index in [4.69, 9.17) is 5.73 Å². The molecule has 2 N–H and O–H groups in total. The molecule has 0 amide bonds. The smallest absolute Gasteiger partial charge is 0.272 e. The van der Waals surface area contributed by atoms with E-state index in [-0.39, 0.29) is 10.6 Å². The lowest BCUT2D eigenvalue weighted by molar-refractivity contribution is -0.385. The minimum atomic E-state index is -0.371. The largest absolute Gasteiger partial charge is 0.369 e. The summed E-state index contributed by atoms with van der Waals surface area (Å²) < 4.78 is 1.76. The zero-order chi connectivity index (χ0) is 13.3. The van der Waals surface area contributed by atoms with E-state index in [0.717, 1.165) is 11.4 Å². The van der Waals surface area contributed by atoms with E-state index in [0.29, 0.717) is 17.9 Å². The first-order valence-electron chi connectivity index (χ1n) is 5.50. The second-order valence-electron chi connectivity index (χ2n) is 4.12. The maximum atomic E-state index is 10.9. The number of para-hydroxylation sites is 1. The number of nitrogens with two attached hydrogens (primary N) is 1. The van der Waals surface area contributed by atoms with Crippen molar-refractivity contribution in [2.24, 2.45) is 7.05 Å². The molecule has 0 aliphatic rings. The molecule has 1 aromatic carbocycles. The molecule has 2 aromatic rings. The Hall–Kier alpha value is -2.37. The molecule has 0 radical (unpaired) electrons. The average Bonchev–Trinajstić information content (AvgIpc) is 2.56. The Labute approximate surface area is 104 Å². The van der Waals surface area contributed by atoms with Gasteiger partial charge in [-0.05, 0) is 6.92 Å². The highest BCUT2D eigenvalue weighted by Gasteiger charge is 2.16. The Morgan fingerprint density at radius 1 is 1.44 bits per heavy atom. The van der Waals surface area contributed by atoms with Gasteiger partial charge in [0.25, 0.3) is 5.69 Å². The highest BCUT2D eigenvalue weighted by atomic mass is 16.6. The number of aromatic nitrogens is 2. The number of nitrogen functional groups attached to an aromatic ring is 1. The molecule has 6 nitrogen and oxygen atoms in total. The molecular formula is C12H14N4O2.